The third-order valence-electron chi connectivity index (χ3n) is 4.27. The van der Waals surface area contributed by atoms with Crippen molar-refractivity contribution >= 4 is 44.3 Å². The summed E-state index contributed by atoms with van der Waals surface area (Å²) in [6, 6.07) is 8.64. The number of nitrogens with zero attached hydrogens (tertiary/aromatic N) is 3. The first-order valence-corrected chi connectivity index (χ1v) is 8.99. The van der Waals surface area contributed by atoms with Crippen LogP contribution in [-0.4, -0.2) is 15.0 Å². The second kappa shape index (κ2) is 6.33. The largest absolute Gasteiger partial charge is 0.380 e. The Labute approximate surface area is 152 Å². The first-order chi connectivity index (χ1) is 11.6. The second-order valence-electron chi connectivity index (χ2n) is 6.06. The normalized spacial score (nSPS) is 14.3. The van der Waals surface area contributed by atoms with Crippen LogP contribution in [-0.2, 0) is 13.1 Å². The van der Waals surface area contributed by atoms with Crippen molar-refractivity contribution in [2.75, 3.05) is 5.32 Å². The van der Waals surface area contributed by atoms with Gasteiger partial charge in [-0.15, -0.1) is 5.10 Å². The molecule has 4 nitrogen and oxygen atoms in total. The molecule has 0 atom stereocenters. The highest BCUT2D eigenvalue weighted by atomic mass is 79.9. The summed E-state index contributed by atoms with van der Waals surface area (Å²) < 4.78 is 16.7. The lowest BCUT2D eigenvalue weighted by molar-refractivity contribution is 0.559. The summed E-state index contributed by atoms with van der Waals surface area (Å²) in [6.45, 7) is 1.21. The third-order valence-corrected chi connectivity index (χ3v) is 5.43. The van der Waals surface area contributed by atoms with Crippen LogP contribution < -0.4 is 5.32 Å². The average Bonchev–Trinajstić information content (AvgIpc) is 3.28. The van der Waals surface area contributed by atoms with Gasteiger partial charge in [0.25, 0.3) is 0 Å². The van der Waals surface area contributed by atoms with E-state index in [0.717, 1.165) is 33.7 Å². The molecule has 1 heterocycles. The van der Waals surface area contributed by atoms with Crippen LogP contribution in [0.25, 0.3) is 11.0 Å². The van der Waals surface area contributed by atoms with Crippen molar-refractivity contribution in [3.63, 3.8) is 0 Å². The standard InChI is InChI=1S/C17H15BrClFN4/c18-16-14(21-8-11-12(19)2-1-3-13(11)20)6-7-15-17(16)22-23-24(15)9-10-4-5-10/h1-3,6-7,10,21H,4-5,8-9H2. The zero-order valence-corrected chi connectivity index (χ0v) is 15.1. The second-order valence-corrected chi connectivity index (χ2v) is 7.26. The highest BCUT2D eigenvalue weighted by Crippen LogP contribution is 2.34. The number of nitrogens with one attached hydrogen (secondary N) is 1. The lowest BCUT2D eigenvalue weighted by Crippen LogP contribution is -2.04. The molecule has 0 radical (unpaired) electrons. The monoisotopic (exact) mass is 408 g/mol. The zero-order chi connectivity index (χ0) is 16.7. The van der Waals surface area contributed by atoms with Crippen LogP contribution in [0.5, 0.6) is 0 Å². The Kier molecular flexibility index (Phi) is 4.18. The molecule has 4 rings (SSSR count). The van der Waals surface area contributed by atoms with Crippen molar-refractivity contribution < 1.29 is 4.39 Å². The number of benzene rings is 2. The van der Waals surface area contributed by atoms with Crippen LogP contribution in [0, 0.1) is 11.7 Å². The number of hydrogen-bond acceptors (Lipinski definition) is 3. The van der Waals surface area contributed by atoms with Crippen molar-refractivity contribution in [3.8, 4) is 0 Å². The van der Waals surface area contributed by atoms with Gasteiger partial charge in [-0.05, 0) is 59.0 Å². The molecule has 1 N–H and O–H groups in total. The van der Waals surface area contributed by atoms with Crippen molar-refractivity contribution in [1.29, 1.82) is 0 Å². The number of halogens is 3. The molecular weight excluding hydrogens is 395 g/mol. The molecule has 0 unspecified atom stereocenters. The Morgan fingerprint density at radius 2 is 2.12 bits per heavy atom. The van der Waals surface area contributed by atoms with Crippen molar-refractivity contribution in [2.24, 2.45) is 5.92 Å². The van der Waals surface area contributed by atoms with Crippen LogP contribution in [0.3, 0.4) is 0 Å². The van der Waals surface area contributed by atoms with Gasteiger partial charge in [-0.3, -0.25) is 0 Å². The van der Waals surface area contributed by atoms with Gasteiger partial charge in [0.15, 0.2) is 0 Å². The van der Waals surface area contributed by atoms with Gasteiger partial charge in [-0.2, -0.15) is 0 Å². The summed E-state index contributed by atoms with van der Waals surface area (Å²) in [7, 11) is 0. The average molecular weight is 410 g/mol. The first kappa shape index (κ1) is 15.8. The van der Waals surface area contributed by atoms with E-state index in [0.29, 0.717) is 17.1 Å². The summed E-state index contributed by atoms with van der Waals surface area (Å²) in [5, 5.41) is 12.2. The third kappa shape index (κ3) is 3.00. The molecule has 0 amide bonds. The van der Waals surface area contributed by atoms with Crippen LogP contribution in [0.1, 0.15) is 18.4 Å². The van der Waals surface area contributed by atoms with Crippen LogP contribution >= 0.6 is 27.5 Å². The molecule has 2 aromatic carbocycles. The van der Waals surface area contributed by atoms with Gasteiger partial charge < -0.3 is 5.32 Å². The molecule has 1 aliphatic rings. The van der Waals surface area contributed by atoms with E-state index in [2.05, 4.69) is 31.6 Å². The Bertz CT molecular complexity index is 887. The lowest BCUT2D eigenvalue weighted by Gasteiger charge is -2.11. The van der Waals surface area contributed by atoms with Crippen LogP contribution in [0.15, 0.2) is 34.8 Å². The van der Waals surface area contributed by atoms with Gasteiger partial charge in [-0.1, -0.05) is 22.9 Å². The molecule has 24 heavy (non-hydrogen) atoms. The molecule has 0 aliphatic heterocycles. The Morgan fingerprint density at radius 1 is 1.29 bits per heavy atom. The fourth-order valence-electron chi connectivity index (χ4n) is 2.71. The molecule has 0 spiro atoms. The minimum Gasteiger partial charge on any atom is -0.380 e. The van der Waals surface area contributed by atoms with Gasteiger partial charge >= 0.3 is 0 Å². The van der Waals surface area contributed by atoms with Gasteiger partial charge in [-0.25, -0.2) is 9.07 Å². The summed E-state index contributed by atoms with van der Waals surface area (Å²) in [4.78, 5) is 0. The maximum atomic E-state index is 13.9. The number of fused-ring (bicyclic) bond motifs is 1. The minimum atomic E-state index is -0.317. The SMILES string of the molecule is Fc1cccc(Cl)c1CNc1ccc2c(nnn2CC2CC2)c1Br. The highest BCUT2D eigenvalue weighted by Gasteiger charge is 2.23. The van der Waals surface area contributed by atoms with Gasteiger partial charge in [0.2, 0.25) is 0 Å². The smallest absolute Gasteiger partial charge is 0.129 e. The quantitative estimate of drug-likeness (QED) is 0.644. The Balaban J connectivity index is 1.59. The minimum absolute atomic E-state index is 0.297. The van der Waals surface area contributed by atoms with E-state index < -0.39 is 0 Å². The summed E-state index contributed by atoms with van der Waals surface area (Å²) >= 11 is 9.65. The summed E-state index contributed by atoms with van der Waals surface area (Å²) in [5.41, 5.74) is 3.09. The fraction of sp³-hybridized carbons (Fsp3) is 0.294. The molecule has 7 heteroatoms. The fourth-order valence-corrected chi connectivity index (χ4v) is 3.49. The van der Waals surface area contributed by atoms with Crippen molar-refractivity contribution in [1.82, 2.24) is 15.0 Å². The number of rotatable bonds is 5. The maximum Gasteiger partial charge on any atom is 0.129 e. The lowest BCUT2D eigenvalue weighted by atomic mass is 10.2. The molecule has 0 bridgehead atoms. The van der Waals surface area contributed by atoms with Crippen molar-refractivity contribution in [2.45, 2.75) is 25.9 Å². The molecule has 124 valence electrons. The predicted octanol–water partition coefficient (Wildman–Crippen LogP) is 5.01. The van der Waals surface area contributed by atoms with Crippen LogP contribution in [0.2, 0.25) is 5.02 Å². The topological polar surface area (TPSA) is 42.7 Å². The van der Waals surface area contributed by atoms with Gasteiger partial charge in [0, 0.05) is 23.7 Å². The predicted molar refractivity (Wildman–Crippen MR) is 96.7 cm³/mol. The molecule has 1 aromatic heterocycles. The Hall–Kier alpha value is -1.66. The van der Waals surface area contributed by atoms with E-state index in [-0.39, 0.29) is 5.82 Å². The number of anilines is 1. The highest BCUT2D eigenvalue weighted by molar-refractivity contribution is 9.10. The number of hydrogen-bond donors (Lipinski definition) is 1. The summed E-state index contributed by atoms with van der Waals surface area (Å²) in [6.07, 6.45) is 2.54. The number of aromatic nitrogens is 3. The molecule has 1 saturated carbocycles. The maximum absolute atomic E-state index is 13.9. The van der Waals surface area contributed by atoms with Crippen LogP contribution in [0.4, 0.5) is 10.1 Å². The Morgan fingerprint density at radius 3 is 2.88 bits per heavy atom. The van der Waals surface area contributed by atoms with E-state index >= 15 is 0 Å². The van der Waals surface area contributed by atoms with E-state index in [1.807, 2.05) is 16.8 Å². The molecular formula is C17H15BrClFN4. The molecule has 3 aromatic rings. The molecule has 1 aliphatic carbocycles. The van der Waals surface area contributed by atoms with Gasteiger partial charge in [0.05, 0.1) is 15.7 Å². The van der Waals surface area contributed by atoms with E-state index in [1.165, 1.54) is 18.9 Å². The van der Waals surface area contributed by atoms with E-state index in [1.54, 1.807) is 12.1 Å². The molecule has 1 fully saturated rings. The van der Waals surface area contributed by atoms with E-state index in [9.17, 15) is 4.39 Å². The zero-order valence-electron chi connectivity index (χ0n) is 12.8. The molecule has 0 saturated heterocycles. The van der Waals surface area contributed by atoms with Crippen molar-refractivity contribution in [3.05, 3.63) is 51.2 Å². The summed E-state index contributed by atoms with van der Waals surface area (Å²) in [5.74, 6) is 0.414. The van der Waals surface area contributed by atoms with Gasteiger partial charge in [0.1, 0.15) is 11.3 Å². The van der Waals surface area contributed by atoms with E-state index in [4.69, 9.17) is 11.6 Å². The first-order valence-electron chi connectivity index (χ1n) is 7.82.